The molecule has 1 saturated heterocycles. The second-order valence-corrected chi connectivity index (χ2v) is 9.16. The molecule has 1 fully saturated rings. The highest BCUT2D eigenvalue weighted by atomic mass is 32.1. The van der Waals surface area contributed by atoms with Gasteiger partial charge in [0.15, 0.2) is 5.13 Å². The number of Topliss-reactive ketones (excluding diaryl/α,β-unsaturated/α-hetero) is 1. The van der Waals surface area contributed by atoms with Gasteiger partial charge in [0.1, 0.15) is 11.8 Å². The van der Waals surface area contributed by atoms with E-state index in [0.29, 0.717) is 24.5 Å². The summed E-state index contributed by atoms with van der Waals surface area (Å²) in [6.45, 7) is 3.77. The normalized spacial score (nSPS) is 14.8. The Hall–Kier alpha value is -2.58. The highest BCUT2D eigenvalue weighted by Crippen LogP contribution is 2.24. The van der Waals surface area contributed by atoms with Crippen LogP contribution in [-0.2, 0) is 14.4 Å². The SMILES string of the molecule is CC(=O)CCCCC[C@H](NC(=O)CN1CCCC1)C(=O)Nc1nc(-c2ccccc2)cs1. The first-order chi connectivity index (χ1) is 15.5. The van der Waals surface area contributed by atoms with Gasteiger partial charge in [-0.15, -0.1) is 11.3 Å². The van der Waals surface area contributed by atoms with Gasteiger partial charge in [-0.2, -0.15) is 0 Å². The van der Waals surface area contributed by atoms with E-state index in [0.717, 1.165) is 56.5 Å². The van der Waals surface area contributed by atoms with Gasteiger partial charge in [-0.25, -0.2) is 4.98 Å². The van der Waals surface area contributed by atoms with Gasteiger partial charge in [0, 0.05) is 17.4 Å². The van der Waals surface area contributed by atoms with Crippen LogP contribution in [0.2, 0.25) is 0 Å². The average Bonchev–Trinajstić information content (AvgIpc) is 3.45. The zero-order chi connectivity index (χ0) is 22.8. The molecule has 0 radical (unpaired) electrons. The Bertz CT molecular complexity index is 894. The monoisotopic (exact) mass is 456 g/mol. The summed E-state index contributed by atoms with van der Waals surface area (Å²) in [6.07, 6.45) is 5.73. The van der Waals surface area contributed by atoms with Gasteiger partial charge >= 0.3 is 0 Å². The van der Waals surface area contributed by atoms with Crippen molar-refractivity contribution < 1.29 is 14.4 Å². The lowest BCUT2D eigenvalue weighted by Gasteiger charge is -2.20. The van der Waals surface area contributed by atoms with Crippen molar-refractivity contribution in [2.24, 2.45) is 0 Å². The number of hydrogen-bond acceptors (Lipinski definition) is 6. The molecule has 0 bridgehead atoms. The second kappa shape index (κ2) is 12.5. The maximum Gasteiger partial charge on any atom is 0.248 e. The molecule has 0 saturated carbocycles. The summed E-state index contributed by atoms with van der Waals surface area (Å²) in [5.41, 5.74) is 1.80. The molecule has 172 valence electrons. The van der Waals surface area contributed by atoms with Crippen molar-refractivity contribution in [3.05, 3.63) is 35.7 Å². The lowest BCUT2D eigenvalue weighted by Crippen LogP contribution is -2.47. The van der Waals surface area contributed by atoms with Gasteiger partial charge in [-0.3, -0.25) is 14.5 Å². The molecule has 2 aromatic rings. The van der Waals surface area contributed by atoms with Crippen LogP contribution in [0.3, 0.4) is 0 Å². The Morgan fingerprint density at radius 2 is 1.84 bits per heavy atom. The smallest absolute Gasteiger partial charge is 0.248 e. The number of unbranched alkanes of at least 4 members (excludes halogenated alkanes) is 2. The maximum atomic E-state index is 13.0. The number of hydrogen-bond donors (Lipinski definition) is 2. The van der Waals surface area contributed by atoms with E-state index in [9.17, 15) is 14.4 Å². The summed E-state index contributed by atoms with van der Waals surface area (Å²) in [7, 11) is 0. The van der Waals surface area contributed by atoms with E-state index in [1.807, 2.05) is 35.7 Å². The molecule has 2 heterocycles. The Kier molecular flexibility index (Phi) is 9.37. The van der Waals surface area contributed by atoms with Crippen molar-refractivity contribution in [2.45, 2.75) is 57.9 Å². The summed E-state index contributed by atoms with van der Waals surface area (Å²) < 4.78 is 0. The highest BCUT2D eigenvalue weighted by Gasteiger charge is 2.23. The van der Waals surface area contributed by atoms with Crippen molar-refractivity contribution in [3.63, 3.8) is 0 Å². The van der Waals surface area contributed by atoms with Crippen molar-refractivity contribution >= 4 is 34.1 Å². The van der Waals surface area contributed by atoms with Crippen LogP contribution in [-0.4, -0.2) is 53.2 Å². The van der Waals surface area contributed by atoms with Gasteiger partial charge in [0.05, 0.1) is 12.2 Å². The van der Waals surface area contributed by atoms with Crippen molar-refractivity contribution in [1.29, 1.82) is 0 Å². The fourth-order valence-corrected chi connectivity index (χ4v) is 4.54. The third kappa shape index (κ3) is 7.84. The molecule has 3 rings (SSSR count). The predicted molar refractivity (Wildman–Crippen MR) is 128 cm³/mol. The first-order valence-electron chi connectivity index (χ1n) is 11.3. The largest absolute Gasteiger partial charge is 0.343 e. The third-order valence-corrected chi connectivity index (χ3v) is 6.30. The molecule has 0 unspecified atom stereocenters. The first kappa shape index (κ1) is 24.1. The van der Waals surface area contributed by atoms with E-state index in [2.05, 4.69) is 20.5 Å². The molecule has 0 spiro atoms. The number of amides is 2. The maximum absolute atomic E-state index is 13.0. The number of ketones is 1. The Morgan fingerprint density at radius 1 is 1.09 bits per heavy atom. The minimum atomic E-state index is -0.619. The Labute approximate surface area is 193 Å². The van der Waals surface area contributed by atoms with E-state index in [-0.39, 0.29) is 17.6 Å². The number of carbonyl (C=O) groups is 3. The van der Waals surface area contributed by atoms with E-state index < -0.39 is 6.04 Å². The number of benzene rings is 1. The molecule has 2 N–H and O–H groups in total. The summed E-state index contributed by atoms with van der Waals surface area (Å²) in [5, 5.41) is 8.22. The molecule has 1 atom stereocenters. The van der Waals surface area contributed by atoms with Gasteiger partial charge in [-0.05, 0) is 45.7 Å². The van der Waals surface area contributed by atoms with Crippen LogP contribution in [0.1, 0.15) is 51.9 Å². The van der Waals surface area contributed by atoms with Crippen LogP contribution >= 0.6 is 11.3 Å². The van der Waals surface area contributed by atoms with E-state index in [1.54, 1.807) is 6.92 Å². The highest BCUT2D eigenvalue weighted by molar-refractivity contribution is 7.14. The molecular formula is C24H32N4O3S. The predicted octanol–water partition coefficient (Wildman–Crippen LogP) is 3.87. The zero-order valence-electron chi connectivity index (χ0n) is 18.6. The molecule has 7 nitrogen and oxygen atoms in total. The van der Waals surface area contributed by atoms with Crippen molar-refractivity contribution in [1.82, 2.24) is 15.2 Å². The number of nitrogens with zero attached hydrogens (tertiary/aromatic N) is 2. The zero-order valence-corrected chi connectivity index (χ0v) is 19.5. The molecule has 32 heavy (non-hydrogen) atoms. The molecule has 1 aromatic heterocycles. The fraction of sp³-hybridized carbons (Fsp3) is 0.500. The lowest BCUT2D eigenvalue weighted by atomic mass is 10.1. The Balaban J connectivity index is 1.57. The molecule has 2 amide bonds. The van der Waals surface area contributed by atoms with E-state index in [1.165, 1.54) is 11.3 Å². The topological polar surface area (TPSA) is 91.4 Å². The number of carbonyl (C=O) groups excluding carboxylic acids is 3. The number of nitrogens with one attached hydrogen (secondary N) is 2. The number of thiazole rings is 1. The summed E-state index contributed by atoms with van der Waals surface area (Å²) in [5.74, 6) is -0.198. The first-order valence-corrected chi connectivity index (χ1v) is 12.2. The van der Waals surface area contributed by atoms with Crippen LogP contribution in [0, 0.1) is 0 Å². The van der Waals surface area contributed by atoms with Crippen LogP contribution in [0.15, 0.2) is 35.7 Å². The summed E-state index contributed by atoms with van der Waals surface area (Å²) in [6, 6.07) is 9.18. The number of aromatic nitrogens is 1. The van der Waals surface area contributed by atoms with Crippen molar-refractivity contribution in [2.75, 3.05) is 25.0 Å². The quantitative estimate of drug-likeness (QED) is 0.473. The summed E-state index contributed by atoms with van der Waals surface area (Å²) in [4.78, 5) is 43.3. The lowest BCUT2D eigenvalue weighted by molar-refractivity contribution is -0.127. The number of anilines is 1. The van der Waals surface area contributed by atoms with Crippen LogP contribution in [0.25, 0.3) is 11.3 Å². The third-order valence-electron chi connectivity index (χ3n) is 5.54. The van der Waals surface area contributed by atoms with E-state index in [4.69, 9.17) is 0 Å². The molecule has 8 heteroatoms. The van der Waals surface area contributed by atoms with Gasteiger partial charge in [0.2, 0.25) is 11.8 Å². The van der Waals surface area contributed by atoms with Crippen LogP contribution in [0.5, 0.6) is 0 Å². The minimum absolute atomic E-state index is 0.125. The standard InChI is InChI=1S/C24H32N4O3S/c1-18(29)10-4-2-7-13-20(25-22(30)16-28-14-8-9-15-28)23(31)27-24-26-21(17-32-24)19-11-5-3-6-12-19/h3,5-6,11-12,17,20H,2,4,7-10,13-16H2,1H3,(H,25,30)(H,26,27,31)/t20-/m0/s1. The molecule has 1 aliphatic rings. The molecule has 0 aliphatic carbocycles. The summed E-state index contributed by atoms with van der Waals surface area (Å²) >= 11 is 1.37. The molecular weight excluding hydrogens is 424 g/mol. The van der Waals surface area contributed by atoms with Crippen LogP contribution in [0.4, 0.5) is 5.13 Å². The number of rotatable bonds is 12. The fourth-order valence-electron chi connectivity index (χ4n) is 3.82. The molecule has 1 aromatic carbocycles. The van der Waals surface area contributed by atoms with Gasteiger partial charge in [0.25, 0.3) is 0 Å². The van der Waals surface area contributed by atoms with Gasteiger partial charge in [-0.1, -0.05) is 43.2 Å². The van der Waals surface area contributed by atoms with E-state index >= 15 is 0 Å². The van der Waals surface area contributed by atoms with Crippen molar-refractivity contribution in [3.8, 4) is 11.3 Å². The average molecular weight is 457 g/mol. The minimum Gasteiger partial charge on any atom is -0.343 e. The Morgan fingerprint density at radius 3 is 2.56 bits per heavy atom. The molecule has 1 aliphatic heterocycles. The second-order valence-electron chi connectivity index (χ2n) is 8.30. The van der Waals surface area contributed by atoms with Gasteiger partial charge < -0.3 is 15.4 Å². The van der Waals surface area contributed by atoms with Crippen LogP contribution < -0.4 is 10.6 Å². The number of likely N-dealkylation sites (tertiary alicyclic amines) is 1.